The molecule has 0 radical (unpaired) electrons. The van der Waals surface area contributed by atoms with Crippen LogP contribution in [0, 0.1) is 5.92 Å². The van der Waals surface area contributed by atoms with Crippen LogP contribution in [-0.2, 0) is 12.8 Å². The molecule has 1 fully saturated rings. The highest BCUT2D eigenvalue weighted by Gasteiger charge is 2.27. The summed E-state index contributed by atoms with van der Waals surface area (Å²) in [7, 11) is 1.95. The van der Waals surface area contributed by atoms with Gasteiger partial charge in [-0.05, 0) is 64.7 Å². The fourth-order valence-electron chi connectivity index (χ4n) is 3.54. The molecule has 0 saturated carbocycles. The Labute approximate surface area is 150 Å². The Morgan fingerprint density at radius 3 is 2.60 bits per heavy atom. The quantitative estimate of drug-likeness (QED) is 0.837. The van der Waals surface area contributed by atoms with Gasteiger partial charge in [0.25, 0.3) is 0 Å². The first-order chi connectivity index (χ1) is 12.2. The van der Waals surface area contributed by atoms with E-state index in [1.165, 1.54) is 24.8 Å². The van der Waals surface area contributed by atoms with Gasteiger partial charge in [-0.15, -0.1) is 0 Å². The molecule has 2 aromatic rings. The fourth-order valence-corrected chi connectivity index (χ4v) is 3.54. The molecule has 5 heteroatoms. The van der Waals surface area contributed by atoms with E-state index in [0.29, 0.717) is 6.04 Å². The normalized spacial score (nSPS) is 19.0. The molecule has 0 amide bonds. The molecule has 2 atom stereocenters. The number of piperidine rings is 1. The van der Waals surface area contributed by atoms with Gasteiger partial charge in [0, 0.05) is 12.5 Å². The molecule has 0 spiro atoms. The fraction of sp³-hybridized carbons (Fsp3) is 0.600. The minimum absolute atomic E-state index is 0.198. The zero-order chi connectivity index (χ0) is 17.6. The van der Waals surface area contributed by atoms with Crippen LogP contribution >= 0.6 is 0 Å². The van der Waals surface area contributed by atoms with Crippen molar-refractivity contribution in [1.82, 2.24) is 20.4 Å². The van der Waals surface area contributed by atoms with E-state index in [4.69, 9.17) is 4.52 Å². The first-order valence-electron chi connectivity index (χ1n) is 9.43. The van der Waals surface area contributed by atoms with Gasteiger partial charge in [-0.2, -0.15) is 4.98 Å². The van der Waals surface area contributed by atoms with E-state index in [-0.39, 0.29) is 6.04 Å². The molecule has 5 nitrogen and oxygen atoms in total. The van der Waals surface area contributed by atoms with Crippen LogP contribution in [0.2, 0.25) is 0 Å². The third kappa shape index (κ3) is 4.89. The summed E-state index contributed by atoms with van der Waals surface area (Å²) in [5.74, 6) is 2.32. The molecule has 1 aromatic carbocycles. The maximum atomic E-state index is 5.52. The van der Waals surface area contributed by atoms with Gasteiger partial charge in [-0.25, -0.2) is 0 Å². The third-order valence-corrected chi connectivity index (χ3v) is 5.39. The second-order valence-electron chi connectivity index (χ2n) is 7.29. The van der Waals surface area contributed by atoms with E-state index >= 15 is 0 Å². The summed E-state index contributed by atoms with van der Waals surface area (Å²) in [5.41, 5.74) is 1.45. The van der Waals surface area contributed by atoms with Crippen LogP contribution in [0.1, 0.15) is 50.0 Å². The maximum absolute atomic E-state index is 5.52. The number of nitrogens with zero attached hydrogens (tertiary/aromatic N) is 3. The first-order valence-corrected chi connectivity index (χ1v) is 9.43. The molecule has 1 saturated heterocycles. The Morgan fingerprint density at radius 1 is 1.20 bits per heavy atom. The highest BCUT2D eigenvalue weighted by atomic mass is 16.5. The molecule has 2 heterocycles. The SMILES string of the molecule is CNC(C)Cc1noc(C(C)N2CCC(Cc3ccccc3)CC2)n1. The van der Waals surface area contributed by atoms with Crippen LogP contribution in [0.25, 0.3) is 0 Å². The van der Waals surface area contributed by atoms with E-state index in [9.17, 15) is 0 Å². The van der Waals surface area contributed by atoms with Crippen molar-refractivity contribution in [2.45, 2.75) is 51.6 Å². The average molecular weight is 342 g/mol. The average Bonchev–Trinajstić information content (AvgIpc) is 3.11. The standard InChI is InChI=1S/C20H30N4O/c1-15(21-3)13-19-22-20(25-23-19)16(2)24-11-9-18(10-12-24)14-17-7-5-4-6-8-17/h4-8,15-16,18,21H,9-14H2,1-3H3. The first kappa shape index (κ1) is 18.1. The number of hydrogen-bond acceptors (Lipinski definition) is 5. The van der Waals surface area contributed by atoms with Crippen molar-refractivity contribution in [3.63, 3.8) is 0 Å². The third-order valence-electron chi connectivity index (χ3n) is 5.39. The van der Waals surface area contributed by atoms with Crippen LogP contribution in [0.3, 0.4) is 0 Å². The molecular weight excluding hydrogens is 312 g/mol. The molecule has 1 aliphatic rings. The van der Waals surface area contributed by atoms with Gasteiger partial charge in [0.05, 0.1) is 6.04 Å². The second-order valence-corrected chi connectivity index (χ2v) is 7.29. The zero-order valence-electron chi connectivity index (χ0n) is 15.6. The van der Waals surface area contributed by atoms with Crippen LogP contribution in [-0.4, -0.2) is 41.2 Å². The molecule has 1 aromatic heterocycles. The van der Waals surface area contributed by atoms with Gasteiger partial charge in [-0.3, -0.25) is 4.90 Å². The Morgan fingerprint density at radius 2 is 1.92 bits per heavy atom. The van der Waals surface area contributed by atoms with Gasteiger partial charge in [0.2, 0.25) is 5.89 Å². The van der Waals surface area contributed by atoms with E-state index in [2.05, 4.69) is 64.5 Å². The summed E-state index contributed by atoms with van der Waals surface area (Å²) in [5, 5.41) is 7.35. The van der Waals surface area contributed by atoms with Crippen molar-refractivity contribution in [1.29, 1.82) is 0 Å². The van der Waals surface area contributed by atoms with E-state index in [1.54, 1.807) is 0 Å². The smallest absolute Gasteiger partial charge is 0.243 e. The molecule has 0 aliphatic carbocycles. The van der Waals surface area contributed by atoms with E-state index in [1.807, 2.05) is 7.05 Å². The number of likely N-dealkylation sites (N-methyl/N-ethyl adjacent to an activating group) is 1. The van der Waals surface area contributed by atoms with Crippen molar-refractivity contribution in [3.05, 3.63) is 47.6 Å². The van der Waals surface area contributed by atoms with Gasteiger partial charge >= 0.3 is 0 Å². The van der Waals surface area contributed by atoms with Crippen molar-refractivity contribution in [2.75, 3.05) is 20.1 Å². The summed E-state index contributed by atoms with van der Waals surface area (Å²) >= 11 is 0. The molecular formula is C20H30N4O. The Kier molecular flexibility index (Phi) is 6.21. The lowest BCUT2D eigenvalue weighted by Gasteiger charge is -2.34. The maximum Gasteiger partial charge on any atom is 0.243 e. The molecule has 2 unspecified atom stereocenters. The molecule has 0 bridgehead atoms. The minimum atomic E-state index is 0.198. The summed E-state index contributed by atoms with van der Waals surface area (Å²) in [6.45, 7) is 6.50. The van der Waals surface area contributed by atoms with Gasteiger partial charge in [-0.1, -0.05) is 35.5 Å². The predicted octanol–water partition coefficient (Wildman–Crippen LogP) is 3.24. The lowest BCUT2D eigenvalue weighted by Crippen LogP contribution is -2.36. The molecule has 1 N–H and O–H groups in total. The largest absolute Gasteiger partial charge is 0.338 e. The number of benzene rings is 1. The Hall–Kier alpha value is -1.72. The van der Waals surface area contributed by atoms with Crippen molar-refractivity contribution >= 4 is 0 Å². The minimum Gasteiger partial charge on any atom is -0.338 e. The Balaban J connectivity index is 1.50. The van der Waals surface area contributed by atoms with Gasteiger partial charge in [0.15, 0.2) is 5.82 Å². The van der Waals surface area contributed by atoms with E-state index in [0.717, 1.165) is 37.1 Å². The van der Waals surface area contributed by atoms with Crippen molar-refractivity contribution in [2.24, 2.45) is 5.92 Å². The summed E-state index contributed by atoms with van der Waals surface area (Å²) in [6.07, 6.45) is 4.45. The van der Waals surface area contributed by atoms with Gasteiger partial charge in [0.1, 0.15) is 0 Å². The Bertz CT molecular complexity index is 634. The molecule has 3 rings (SSSR count). The summed E-state index contributed by atoms with van der Waals surface area (Å²) < 4.78 is 5.52. The van der Waals surface area contributed by atoms with Crippen LogP contribution in [0.4, 0.5) is 0 Å². The van der Waals surface area contributed by atoms with Crippen molar-refractivity contribution < 1.29 is 4.52 Å². The van der Waals surface area contributed by atoms with Gasteiger partial charge < -0.3 is 9.84 Å². The number of aromatic nitrogens is 2. The molecule has 1 aliphatic heterocycles. The van der Waals surface area contributed by atoms with E-state index < -0.39 is 0 Å². The molecule has 25 heavy (non-hydrogen) atoms. The highest BCUT2D eigenvalue weighted by molar-refractivity contribution is 5.15. The number of rotatable bonds is 7. The second kappa shape index (κ2) is 8.59. The lowest BCUT2D eigenvalue weighted by atomic mass is 9.89. The van der Waals surface area contributed by atoms with Crippen LogP contribution in [0.5, 0.6) is 0 Å². The van der Waals surface area contributed by atoms with Crippen molar-refractivity contribution in [3.8, 4) is 0 Å². The van der Waals surface area contributed by atoms with Crippen LogP contribution < -0.4 is 5.32 Å². The monoisotopic (exact) mass is 342 g/mol. The number of nitrogens with one attached hydrogen (secondary N) is 1. The van der Waals surface area contributed by atoms with Crippen LogP contribution in [0.15, 0.2) is 34.9 Å². The number of hydrogen-bond donors (Lipinski definition) is 1. The topological polar surface area (TPSA) is 54.2 Å². The summed E-state index contributed by atoms with van der Waals surface area (Å²) in [4.78, 5) is 7.07. The highest BCUT2D eigenvalue weighted by Crippen LogP contribution is 2.27. The predicted molar refractivity (Wildman–Crippen MR) is 99.4 cm³/mol. The summed E-state index contributed by atoms with van der Waals surface area (Å²) in [6, 6.07) is 11.4. The molecule has 136 valence electrons. The number of likely N-dealkylation sites (tertiary alicyclic amines) is 1. The zero-order valence-corrected chi connectivity index (χ0v) is 15.6. The lowest BCUT2D eigenvalue weighted by molar-refractivity contribution is 0.119.